The molecular weight excluding hydrogens is 246 g/mol. The summed E-state index contributed by atoms with van der Waals surface area (Å²) < 4.78 is 5.62. The van der Waals surface area contributed by atoms with Gasteiger partial charge >= 0.3 is 0 Å². The van der Waals surface area contributed by atoms with Gasteiger partial charge in [-0.1, -0.05) is 6.07 Å². The van der Waals surface area contributed by atoms with Crippen molar-refractivity contribution in [2.45, 2.75) is 25.0 Å². The number of hydrogen-bond donors (Lipinski definition) is 1. The predicted molar refractivity (Wildman–Crippen MR) is 66.4 cm³/mol. The number of likely N-dealkylation sites (tertiary alicyclic amines) is 1. The Balaban J connectivity index is 1.47. The monoisotopic (exact) mass is 261 g/mol. The van der Waals surface area contributed by atoms with Crippen molar-refractivity contribution in [2.75, 3.05) is 13.1 Å². The molecule has 2 saturated heterocycles. The Morgan fingerprint density at radius 3 is 2.89 bits per heavy atom. The molecule has 1 unspecified atom stereocenters. The van der Waals surface area contributed by atoms with Crippen LogP contribution < -0.4 is 10.1 Å². The molecule has 1 N–H and O–H groups in total. The van der Waals surface area contributed by atoms with Crippen molar-refractivity contribution in [3.63, 3.8) is 0 Å². The summed E-state index contributed by atoms with van der Waals surface area (Å²) in [6.07, 6.45) is 2.71. The van der Waals surface area contributed by atoms with Crippen LogP contribution in [0, 0.1) is 0 Å². The van der Waals surface area contributed by atoms with Crippen LogP contribution >= 0.6 is 0 Å². The number of nitrogens with zero attached hydrogens (tertiary/aromatic N) is 2. The highest BCUT2D eigenvalue weighted by Gasteiger charge is 2.38. The molecule has 0 bridgehead atoms. The maximum atomic E-state index is 12.0. The first-order chi connectivity index (χ1) is 9.22. The van der Waals surface area contributed by atoms with Crippen LogP contribution in [0.3, 0.4) is 0 Å². The molecule has 6 nitrogen and oxygen atoms in total. The van der Waals surface area contributed by atoms with Gasteiger partial charge in [0.15, 0.2) is 0 Å². The van der Waals surface area contributed by atoms with E-state index in [-0.39, 0.29) is 24.0 Å². The van der Waals surface area contributed by atoms with Crippen LogP contribution in [0.5, 0.6) is 5.88 Å². The average Bonchev–Trinajstić information content (AvgIpc) is 2.80. The van der Waals surface area contributed by atoms with Crippen LogP contribution in [0.15, 0.2) is 24.4 Å². The number of amides is 2. The van der Waals surface area contributed by atoms with E-state index in [1.165, 1.54) is 0 Å². The normalized spacial score (nSPS) is 22.8. The summed E-state index contributed by atoms with van der Waals surface area (Å²) in [4.78, 5) is 28.9. The third kappa shape index (κ3) is 2.52. The molecule has 100 valence electrons. The molecule has 3 rings (SSSR count). The number of rotatable bonds is 3. The second kappa shape index (κ2) is 4.87. The largest absolute Gasteiger partial charge is 0.471 e. The molecule has 2 aliphatic heterocycles. The Hall–Kier alpha value is -2.11. The lowest BCUT2D eigenvalue weighted by Gasteiger charge is -2.39. The Labute approximate surface area is 110 Å². The first-order valence-corrected chi connectivity index (χ1v) is 6.38. The fourth-order valence-corrected chi connectivity index (χ4v) is 2.30. The van der Waals surface area contributed by atoms with Gasteiger partial charge in [-0.25, -0.2) is 4.98 Å². The minimum Gasteiger partial charge on any atom is -0.471 e. The van der Waals surface area contributed by atoms with Crippen molar-refractivity contribution in [1.82, 2.24) is 15.2 Å². The van der Waals surface area contributed by atoms with Gasteiger partial charge in [0.2, 0.25) is 17.7 Å². The zero-order valence-corrected chi connectivity index (χ0v) is 10.4. The van der Waals surface area contributed by atoms with E-state index >= 15 is 0 Å². The number of nitrogens with one attached hydrogen (secondary N) is 1. The Morgan fingerprint density at radius 1 is 1.42 bits per heavy atom. The van der Waals surface area contributed by atoms with Crippen LogP contribution in [0.1, 0.15) is 12.8 Å². The maximum absolute atomic E-state index is 12.0. The molecule has 0 spiro atoms. The summed E-state index contributed by atoms with van der Waals surface area (Å²) in [5.41, 5.74) is 0. The summed E-state index contributed by atoms with van der Waals surface area (Å²) in [5, 5.41) is 2.68. The maximum Gasteiger partial charge on any atom is 0.245 e. The standard InChI is InChI=1S/C13H15N3O3/c17-11-5-4-10(15-11)13(18)16-7-9(8-16)19-12-3-1-2-6-14-12/h1-3,6,9-10H,4-5,7-8H2,(H,15,17). The fourth-order valence-electron chi connectivity index (χ4n) is 2.30. The van der Waals surface area contributed by atoms with Crippen LogP contribution in [0.2, 0.25) is 0 Å². The average molecular weight is 261 g/mol. The zero-order valence-electron chi connectivity index (χ0n) is 10.4. The van der Waals surface area contributed by atoms with Gasteiger partial charge < -0.3 is 15.0 Å². The number of ether oxygens (including phenoxy) is 1. The summed E-state index contributed by atoms with van der Waals surface area (Å²) in [6, 6.07) is 5.13. The quantitative estimate of drug-likeness (QED) is 0.828. The van der Waals surface area contributed by atoms with E-state index in [1.807, 2.05) is 12.1 Å². The summed E-state index contributed by atoms with van der Waals surface area (Å²) in [7, 11) is 0. The molecule has 2 fully saturated rings. The van der Waals surface area contributed by atoms with Crippen molar-refractivity contribution in [2.24, 2.45) is 0 Å². The lowest BCUT2D eigenvalue weighted by Crippen LogP contribution is -2.59. The van der Waals surface area contributed by atoms with Crippen molar-refractivity contribution in [3.05, 3.63) is 24.4 Å². The van der Waals surface area contributed by atoms with Crippen LogP contribution in [-0.4, -0.2) is 46.9 Å². The fraction of sp³-hybridized carbons (Fsp3) is 0.462. The molecule has 0 radical (unpaired) electrons. The van der Waals surface area contributed by atoms with Gasteiger partial charge in [-0.05, 0) is 12.5 Å². The SMILES string of the molecule is O=C1CCC(C(=O)N2CC(Oc3ccccn3)C2)N1. The summed E-state index contributed by atoms with van der Waals surface area (Å²) >= 11 is 0. The highest BCUT2D eigenvalue weighted by Crippen LogP contribution is 2.18. The number of hydrogen-bond acceptors (Lipinski definition) is 4. The van der Waals surface area contributed by atoms with Crippen LogP contribution in [-0.2, 0) is 9.59 Å². The lowest BCUT2D eigenvalue weighted by atomic mass is 10.1. The minimum atomic E-state index is -0.344. The number of carbonyl (C=O) groups is 2. The molecule has 19 heavy (non-hydrogen) atoms. The van der Waals surface area contributed by atoms with Gasteiger partial charge in [0.05, 0.1) is 13.1 Å². The van der Waals surface area contributed by atoms with E-state index in [0.717, 1.165) is 0 Å². The van der Waals surface area contributed by atoms with E-state index < -0.39 is 0 Å². The molecule has 0 saturated carbocycles. The smallest absolute Gasteiger partial charge is 0.245 e. The molecule has 1 atom stereocenters. The Morgan fingerprint density at radius 2 is 2.26 bits per heavy atom. The summed E-state index contributed by atoms with van der Waals surface area (Å²) in [5.74, 6) is 0.528. The molecule has 6 heteroatoms. The second-order valence-electron chi connectivity index (χ2n) is 4.81. The number of carbonyl (C=O) groups excluding carboxylic acids is 2. The molecule has 0 aromatic carbocycles. The topological polar surface area (TPSA) is 71.5 Å². The highest BCUT2D eigenvalue weighted by molar-refractivity contribution is 5.91. The summed E-state index contributed by atoms with van der Waals surface area (Å²) in [6.45, 7) is 1.11. The molecule has 1 aromatic rings. The van der Waals surface area contributed by atoms with E-state index in [9.17, 15) is 9.59 Å². The Kier molecular flexibility index (Phi) is 3.06. The lowest BCUT2D eigenvalue weighted by molar-refractivity contribution is -0.142. The zero-order chi connectivity index (χ0) is 13.2. The third-order valence-corrected chi connectivity index (χ3v) is 3.38. The van der Waals surface area contributed by atoms with Gasteiger partial charge in [0.25, 0.3) is 0 Å². The van der Waals surface area contributed by atoms with Gasteiger partial charge in [-0.3, -0.25) is 9.59 Å². The van der Waals surface area contributed by atoms with Crippen molar-refractivity contribution in [3.8, 4) is 5.88 Å². The van der Waals surface area contributed by atoms with Crippen molar-refractivity contribution < 1.29 is 14.3 Å². The van der Waals surface area contributed by atoms with Gasteiger partial charge in [0.1, 0.15) is 12.1 Å². The predicted octanol–water partition coefficient (Wildman–Crippen LogP) is -0.0502. The second-order valence-corrected chi connectivity index (χ2v) is 4.81. The molecule has 3 heterocycles. The van der Waals surface area contributed by atoms with E-state index in [4.69, 9.17) is 4.74 Å². The van der Waals surface area contributed by atoms with Crippen LogP contribution in [0.25, 0.3) is 0 Å². The van der Waals surface area contributed by atoms with Crippen LogP contribution in [0.4, 0.5) is 0 Å². The Bertz CT molecular complexity index is 485. The number of aromatic nitrogens is 1. The van der Waals surface area contributed by atoms with Crippen molar-refractivity contribution >= 4 is 11.8 Å². The molecular formula is C13H15N3O3. The molecule has 0 aliphatic carbocycles. The first-order valence-electron chi connectivity index (χ1n) is 6.38. The third-order valence-electron chi connectivity index (χ3n) is 3.38. The van der Waals surface area contributed by atoms with E-state index in [1.54, 1.807) is 17.2 Å². The molecule has 2 aliphatic rings. The van der Waals surface area contributed by atoms with E-state index in [0.29, 0.717) is 31.8 Å². The number of pyridine rings is 1. The van der Waals surface area contributed by atoms with Gasteiger partial charge in [0, 0.05) is 18.7 Å². The highest BCUT2D eigenvalue weighted by atomic mass is 16.5. The van der Waals surface area contributed by atoms with Gasteiger partial charge in [-0.2, -0.15) is 0 Å². The first kappa shape index (κ1) is 12.0. The molecule has 2 amide bonds. The minimum absolute atomic E-state index is 0.00375. The van der Waals surface area contributed by atoms with Gasteiger partial charge in [-0.15, -0.1) is 0 Å². The molecule has 1 aromatic heterocycles. The van der Waals surface area contributed by atoms with Crippen molar-refractivity contribution in [1.29, 1.82) is 0 Å². The van der Waals surface area contributed by atoms with E-state index in [2.05, 4.69) is 10.3 Å².